The standard InChI is InChI=1S/C20H19FN6O3/c21-13-2-1-3-14-17(13)26(20(28)25-6-8-29-9-7-25)10-15-16(22-11-27(14)15)19-23-18(24-30-19)12-4-5-12/h1-3,11-12H,4-10H2. The van der Waals surface area contributed by atoms with Gasteiger partial charge in [-0.1, -0.05) is 11.2 Å². The number of morpholine rings is 1. The van der Waals surface area contributed by atoms with Crippen molar-refractivity contribution in [3.8, 4) is 17.3 Å². The molecule has 2 aromatic heterocycles. The van der Waals surface area contributed by atoms with Crippen LogP contribution in [0, 0.1) is 5.82 Å². The molecule has 4 heterocycles. The number of hydrogen-bond donors (Lipinski definition) is 0. The van der Waals surface area contributed by atoms with Gasteiger partial charge >= 0.3 is 6.03 Å². The molecule has 3 aliphatic rings. The van der Waals surface area contributed by atoms with Crippen molar-refractivity contribution < 1.29 is 18.4 Å². The van der Waals surface area contributed by atoms with Crippen LogP contribution in [0.1, 0.15) is 30.3 Å². The fourth-order valence-corrected chi connectivity index (χ4v) is 4.03. The number of hydrogen-bond acceptors (Lipinski definition) is 6. The molecule has 1 saturated carbocycles. The molecular formula is C20H19FN6O3. The zero-order chi connectivity index (χ0) is 20.2. The lowest BCUT2D eigenvalue weighted by Crippen LogP contribution is -2.49. The number of para-hydroxylation sites is 1. The van der Waals surface area contributed by atoms with Crippen LogP contribution in [-0.4, -0.2) is 56.9 Å². The first kappa shape index (κ1) is 17.6. The summed E-state index contributed by atoms with van der Waals surface area (Å²) in [6, 6.07) is 4.50. The average molecular weight is 410 g/mol. The van der Waals surface area contributed by atoms with Crippen molar-refractivity contribution in [2.75, 3.05) is 31.2 Å². The van der Waals surface area contributed by atoms with Crippen molar-refractivity contribution in [1.82, 2.24) is 24.6 Å². The molecule has 1 aromatic carbocycles. The summed E-state index contributed by atoms with van der Waals surface area (Å²) in [6.07, 6.45) is 3.74. The van der Waals surface area contributed by atoms with E-state index in [4.69, 9.17) is 9.26 Å². The number of fused-ring (bicyclic) bond motifs is 3. The number of halogens is 1. The van der Waals surface area contributed by atoms with Gasteiger partial charge in [-0.25, -0.2) is 14.2 Å². The Labute approximate surface area is 171 Å². The number of imidazole rings is 1. The minimum Gasteiger partial charge on any atom is -0.378 e. The number of carbonyl (C=O) groups excluding carboxylic acids is 1. The predicted octanol–water partition coefficient (Wildman–Crippen LogP) is 2.71. The second-order valence-electron chi connectivity index (χ2n) is 7.72. The van der Waals surface area contributed by atoms with Crippen LogP contribution in [0.25, 0.3) is 17.3 Å². The molecule has 10 heteroatoms. The van der Waals surface area contributed by atoms with E-state index < -0.39 is 5.82 Å². The largest absolute Gasteiger partial charge is 0.378 e. The maximum absolute atomic E-state index is 14.9. The SMILES string of the molecule is O=C(N1CCOCC1)N1Cc2c(-c3nc(C4CC4)no3)ncn2-c2cccc(F)c21. The predicted molar refractivity (Wildman–Crippen MR) is 103 cm³/mol. The third-order valence-corrected chi connectivity index (χ3v) is 5.77. The lowest BCUT2D eigenvalue weighted by Gasteiger charge is -2.36. The molecule has 154 valence electrons. The van der Waals surface area contributed by atoms with E-state index in [1.54, 1.807) is 27.9 Å². The van der Waals surface area contributed by atoms with E-state index >= 15 is 0 Å². The van der Waals surface area contributed by atoms with Gasteiger partial charge in [-0.3, -0.25) is 9.47 Å². The third-order valence-electron chi connectivity index (χ3n) is 5.77. The lowest BCUT2D eigenvalue weighted by molar-refractivity contribution is 0.0547. The van der Waals surface area contributed by atoms with Gasteiger partial charge < -0.3 is 14.2 Å². The summed E-state index contributed by atoms with van der Waals surface area (Å²) in [4.78, 5) is 25.4. The maximum atomic E-state index is 14.9. The zero-order valence-corrected chi connectivity index (χ0v) is 16.1. The van der Waals surface area contributed by atoms with E-state index in [0.717, 1.165) is 12.8 Å². The number of amides is 2. The molecular weight excluding hydrogens is 391 g/mol. The number of rotatable bonds is 2. The van der Waals surface area contributed by atoms with E-state index in [1.165, 1.54) is 11.0 Å². The smallest absolute Gasteiger partial charge is 0.325 e. The highest BCUT2D eigenvalue weighted by Crippen LogP contribution is 2.41. The van der Waals surface area contributed by atoms with Gasteiger partial charge in [-0.2, -0.15) is 4.98 Å². The number of benzene rings is 1. The Bertz CT molecular complexity index is 1130. The molecule has 0 N–H and O–H groups in total. The Morgan fingerprint density at radius 2 is 2.03 bits per heavy atom. The minimum atomic E-state index is -0.455. The van der Waals surface area contributed by atoms with Gasteiger partial charge in [-0.05, 0) is 25.0 Å². The molecule has 0 unspecified atom stereocenters. The topological polar surface area (TPSA) is 89.5 Å². The van der Waals surface area contributed by atoms with E-state index in [0.29, 0.717) is 61.0 Å². The minimum absolute atomic E-state index is 0.153. The van der Waals surface area contributed by atoms with Crippen molar-refractivity contribution in [2.45, 2.75) is 25.3 Å². The summed E-state index contributed by atoms with van der Waals surface area (Å²) in [7, 11) is 0. The normalized spacial score (nSPS) is 18.3. The second kappa shape index (κ2) is 6.63. The lowest BCUT2D eigenvalue weighted by atomic mass is 10.1. The molecule has 3 aromatic rings. The number of nitrogens with zero attached hydrogens (tertiary/aromatic N) is 6. The Morgan fingerprint density at radius 3 is 2.83 bits per heavy atom. The second-order valence-corrected chi connectivity index (χ2v) is 7.72. The molecule has 30 heavy (non-hydrogen) atoms. The quantitative estimate of drug-likeness (QED) is 0.645. The van der Waals surface area contributed by atoms with Crippen molar-refractivity contribution in [2.24, 2.45) is 0 Å². The highest BCUT2D eigenvalue weighted by atomic mass is 19.1. The van der Waals surface area contributed by atoms with Crippen LogP contribution in [0.5, 0.6) is 0 Å². The van der Waals surface area contributed by atoms with Crippen molar-refractivity contribution in [3.63, 3.8) is 0 Å². The van der Waals surface area contributed by atoms with Crippen LogP contribution in [0.3, 0.4) is 0 Å². The fraction of sp³-hybridized carbons (Fsp3) is 0.400. The highest BCUT2D eigenvalue weighted by molar-refractivity contribution is 5.95. The van der Waals surface area contributed by atoms with E-state index in [1.807, 2.05) is 0 Å². The van der Waals surface area contributed by atoms with Gasteiger partial charge in [0.1, 0.15) is 17.8 Å². The summed E-state index contributed by atoms with van der Waals surface area (Å²) in [6.45, 7) is 2.04. The summed E-state index contributed by atoms with van der Waals surface area (Å²) < 4.78 is 27.5. The number of carbonyl (C=O) groups is 1. The highest BCUT2D eigenvalue weighted by Gasteiger charge is 2.36. The molecule has 1 saturated heterocycles. The van der Waals surface area contributed by atoms with E-state index in [-0.39, 0.29) is 18.3 Å². The van der Waals surface area contributed by atoms with Gasteiger partial charge in [0, 0.05) is 19.0 Å². The number of ether oxygens (including phenoxy) is 1. The number of aromatic nitrogens is 4. The zero-order valence-electron chi connectivity index (χ0n) is 16.1. The van der Waals surface area contributed by atoms with Gasteiger partial charge in [-0.15, -0.1) is 0 Å². The third kappa shape index (κ3) is 2.71. The average Bonchev–Trinajstić information content (AvgIpc) is 3.35. The molecule has 0 atom stereocenters. The van der Waals surface area contributed by atoms with Crippen LogP contribution in [0.2, 0.25) is 0 Å². The van der Waals surface area contributed by atoms with Crippen LogP contribution >= 0.6 is 0 Å². The first-order valence-electron chi connectivity index (χ1n) is 10.0. The first-order valence-corrected chi connectivity index (χ1v) is 10.0. The van der Waals surface area contributed by atoms with E-state index in [9.17, 15) is 9.18 Å². The molecule has 1 aliphatic carbocycles. The van der Waals surface area contributed by atoms with Crippen LogP contribution < -0.4 is 4.90 Å². The Hall–Kier alpha value is -3.27. The molecule has 9 nitrogen and oxygen atoms in total. The Morgan fingerprint density at radius 1 is 1.20 bits per heavy atom. The molecule has 0 radical (unpaired) electrons. The summed E-state index contributed by atoms with van der Waals surface area (Å²) >= 11 is 0. The van der Waals surface area contributed by atoms with Crippen LogP contribution in [-0.2, 0) is 11.3 Å². The Balaban J connectivity index is 1.44. The van der Waals surface area contributed by atoms with Crippen LogP contribution in [0.15, 0.2) is 29.0 Å². The molecule has 2 amide bonds. The van der Waals surface area contributed by atoms with Crippen LogP contribution in [0.4, 0.5) is 14.9 Å². The van der Waals surface area contributed by atoms with Crippen molar-refractivity contribution in [1.29, 1.82) is 0 Å². The molecule has 6 rings (SSSR count). The van der Waals surface area contributed by atoms with Crippen molar-refractivity contribution in [3.05, 3.63) is 41.9 Å². The fourth-order valence-electron chi connectivity index (χ4n) is 4.03. The van der Waals surface area contributed by atoms with Gasteiger partial charge in [0.2, 0.25) is 0 Å². The summed E-state index contributed by atoms with van der Waals surface area (Å²) in [5, 5.41) is 4.07. The van der Waals surface area contributed by atoms with Gasteiger partial charge in [0.25, 0.3) is 5.89 Å². The van der Waals surface area contributed by atoms with Gasteiger partial charge in [0.05, 0.1) is 31.1 Å². The Kier molecular flexibility index (Phi) is 3.88. The maximum Gasteiger partial charge on any atom is 0.325 e. The molecule has 2 fully saturated rings. The monoisotopic (exact) mass is 410 g/mol. The summed E-state index contributed by atoms with van der Waals surface area (Å²) in [5.74, 6) is 0.915. The first-order chi connectivity index (χ1) is 14.7. The number of anilines is 1. The molecule has 0 spiro atoms. The van der Waals surface area contributed by atoms with Gasteiger partial charge in [0.15, 0.2) is 11.5 Å². The summed E-state index contributed by atoms with van der Waals surface area (Å²) in [5.41, 5.74) is 2.03. The number of urea groups is 1. The van der Waals surface area contributed by atoms with Crippen molar-refractivity contribution >= 4 is 11.7 Å². The van der Waals surface area contributed by atoms with E-state index in [2.05, 4.69) is 15.1 Å². The molecule has 0 bridgehead atoms. The molecule has 2 aliphatic heterocycles.